The Bertz CT molecular complexity index is 4180. The van der Waals surface area contributed by atoms with Crippen LogP contribution in [0.4, 0.5) is 17.1 Å². The Hall–Kier alpha value is -8.66. The molecule has 2 aromatic heterocycles. The van der Waals surface area contributed by atoms with Gasteiger partial charge in [-0.05, 0) is 128 Å². The molecule has 0 bridgehead atoms. The summed E-state index contributed by atoms with van der Waals surface area (Å²) in [4.78, 5) is 1.92. The van der Waals surface area contributed by atoms with Crippen molar-refractivity contribution in [1.82, 2.24) is 4.57 Å². The number of furan rings is 1. The van der Waals surface area contributed by atoms with Crippen molar-refractivity contribution in [3.63, 3.8) is 0 Å². The second kappa shape index (κ2) is 15.0. The molecule has 0 aliphatic rings. The van der Waals surface area contributed by atoms with Crippen LogP contribution in [-0.4, -0.2) is 4.57 Å². The average Bonchev–Trinajstić information content (AvgIpc) is 3.96. The maximum atomic E-state index is 10.2. The summed E-state index contributed by atoms with van der Waals surface area (Å²) in [5, 5.41) is 8.18. The molecule has 3 nitrogen and oxygen atoms in total. The van der Waals surface area contributed by atoms with Crippen LogP contribution in [-0.2, 0) is 0 Å². The highest BCUT2D eigenvalue weighted by molar-refractivity contribution is 6.19. The molecule has 3 heteroatoms. The zero-order valence-electron chi connectivity index (χ0n) is 39.1. The summed E-state index contributed by atoms with van der Waals surface area (Å²) in [5.41, 5.74) is 11.3. The van der Waals surface area contributed by atoms with E-state index in [1.54, 1.807) is 0 Å². The molecule has 0 radical (unpaired) electrons. The number of hydrogen-bond acceptors (Lipinski definition) is 2. The maximum Gasteiger partial charge on any atom is 0.143 e. The van der Waals surface area contributed by atoms with Gasteiger partial charge in [0.25, 0.3) is 0 Å². The van der Waals surface area contributed by atoms with E-state index in [1.807, 2.05) is 95.9 Å². The molecule has 2 heterocycles. The SMILES string of the molecule is [2H]c1c([2H])c(-c2ccc3c(c2)c2ccccc2n3-c2ccccc2)c([2H])c(N(c2ccc(-c3ccc(-c4ccc5ccccc5c4)cc3)cc2)c2cccc3oc4c5ccccc5ccc4c23)c1[2H]. The first-order valence-electron chi connectivity index (χ1n) is 23.9. The van der Waals surface area contributed by atoms with Gasteiger partial charge in [0.2, 0.25) is 0 Å². The monoisotopic (exact) mass is 832 g/mol. The molecular formula is C62H40N2O. The number of aromatic nitrogens is 1. The van der Waals surface area contributed by atoms with Crippen LogP contribution in [0.1, 0.15) is 5.48 Å². The number of benzene rings is 11. The lowest BCUT2D eigenvalue weighted by atomic mass is 9.98. The lowest BCUT2D eigenvalue weighted by Gasteiger charge is -2.27. The first-order valence-corrected chi connectivity index (χ1v) is 21.9. The summed E-state index contributed by atoms with van der Waals surface area (Å²) >= 11 is 0. The van der Waals surface area contributed by atoms with Gasteiger partial charge in [0.15, 0.2) is 0 Å². The van der Waals surface area contributed by atoms with E-state index >= 15 is 0 Å². The van der Waals surface area contributed by atoms with Crippen molar-refractivity contribution in [2.45, 2.75) is 0 Å². The van der Waals surface area contributed by atoms with Crippen LogP contribution in [0.3, 0.4) is 0 Å². The number of fused-ring (bicyclic) bond motifs is 9. The van der Waals surface area contributed by atoms with Crippen LogP contribution >= 0.6 is 0 Å². The molecule has 0 aliphatic carbocycles. The van der Waals surface area contributed by atoms with Gasteiger partial charge < -0.3 is 13.9 Å². The van der Waals surface area contributed by atoms with Gasteiger partial charge in [0, 0.05) is 38.6 Å². The molecule has 304 valence electrons. The van der Waals surface area contributed by atoms with Crippen molar-refractivity contribution in [2.75, 3.05) is 4.90 Å². The molecule has 0 N–H and O–H groups in total. The zero-order chi connectivity index (χ0) is 46.3. The fraction of sp³-hybridized carbons (Fsp3) is 0. The van der Waals surface area contributed by atoms with Gasteiger partial charge in [-0.1, -0.05) is 164 Å². The molecule has 0 fully saturated rings. The predicted octanol–water partition coefficient (Wildman–Crippen LogP) is 17.5. The Morgan fingerprint density at radius 1 is 0.400 bits per heavy atom. The van der Waals surface area contributed by atoms with Crippen molar-refractivity contribution in [1.29, 1.82) is 0 Å². The summed E-state index contributed by atoms with van der Waals surface area (Å²) in [7, 11) is 0. The van der Waals surface area contributed by atoms with Gasteiger partial charge in [-0.3, -0.25) is 0 Å². The lowest BCUT2D eigenvalue weighted by Crippen LogP contribution is -2.10. The van der Waals surface area contributed by atoms with Crippen LogP contribution < -0.4 is 4.90 Å². The molecular weight excluding hydrogens is 789 g/mol. The van der Waals surface area contributed by atoms with Crippen LogP contribution in [0.15, 0.2) is 247 Å². The van der Waals surface area contributed by atoms with E-state index in [1.165, 1.54) is 10.8 Å². The fourth-order valence-corrected chi connectivity index (χ4v) is 9.71. The lowest BCUT2D eigenvalue weighted by molar-refractivity contribution is 0.672. The molecule has 0 saturated heterocycles. The number of hydrogen-bond donors (Lipinski definition) is 0. The third-order valence-corrected chi connectivity index (χ3v) is 12.8. The molecule has 0 atom stereocenters. The Kier molecular flexibility index (Phi) is 7.61. The molecule has 0 saturated carbocycles. The van der Waals surface area contributed by atoms with E-state index in [0.29, 0.717) is 22.5 Å². The maximum absolute atomic E-state index is 10.2. The summed E-state index contributed by atoms with van der Waals surface area (Å²) in [5.74, 6) is 0. The van der Waals surface area contributed by atoms with Gasteiger partial charge in [-0.2, -0.15) is 0 Å². The van der Waals surface area contributed by atoms with Gasteiger partial charge >= 0.3 is 0 Å². The Balaban J connectivity index is 0.993. The molecule has 65 heavy (non-hydrogen) atoms. The number of para-hydroxylation sites is 2. The van der Waals surface area contributed by atoms with Crippen LogP contribution in [0.25, 0.3) is 104 Å². The molecule has 13 rings (SSSR count). The minimum Gasteiger partial charge on any atom is -0.455 e. The van der Waals surface area contributed by atoms with E-state index in [0.717, 1.165) is 76.9 Å². The summed E-state index contributed by atoms with van der Waals surface area (Å²) in [6.45, 7) is 0. The highest BCUT2D eigenvalue weighted by Crippen LogP contribution is 2.46. The van der Waals surface area contributed by atoms with E-state index in [9.17, 15) is 5.48 Å². The van der Waals surface area contributed by atoms with Gasteiger partial charge in [0.05, 0.1) is 27.6 Å². The third kappa shape index (κ3) is 6.20. The molecule has 0 amide bonds. The average molecular weight is 833 g/mol. The van der Waals surface area contributed by atoms with Crippen molar-refractivity contribution in [2.24, 2.45) is 0 Å². The normalized spacial score (nSPS) is 12.6. The second-order valence-corrected chi connectivity index (χ2v) is 16.6. The summed E-state index contributed by atoms with van der Waals surface area (Å²) in [6, 6.07) is 73.8. The summed E-state index contributed by atoms with van der Waals surface area (Å²) < 4.78 is 47.6. The van der Waals surface area contributed by atoms with Crippen molar-refractivity contribution < 1.29 is 9.90 Å². The number of rotatable bonds is 7. The topological polar surface area (TPSA) is 21.3 Å². The Morgan fingerprint density at radius 2 is 1.03 bits per heavy atom. The molecule has 0 aliphatic heterocycles. The van der Waals surface area contributed by atoms with E-state index in [4.69, 9.17) is 4.42 Å². The standard InChI is InChI=1S/C62H40N2O/c1-2-16-50(17-3-1)64-57-21-9-8-20-54(57)56-40-49(33-37-58(56)64)47-15-10-18-52(39-47)63(59-22-11-23-60-61(59)55-36-32-45-13-6-7-19-53(45)62(55)65-60)51-34-30-43(31-35-51)42-24-26-44(27-25-42)48-29-28-41-12-4-5-14-46(41)38-48/h1-40H/i10D,15D,18D,39D. The third-order valence-electron chi connectivity index (χ3n) is 12.8. The van der Waals surface area contributed by atoms with E-state index < -0.39 is 0 Å². The second-order valence-electron chi connectivity index (χ2n) is 16.6. The molecule has 11 aromatic carbocycles. The minimum absolute atomic E-state index is 0.0178. The van der Waals surface area contributed by atoms with E-state index in [2.05, 4.69) is 132 Å². The summed E-state index contributed by atoms with van der Waals surface area (Å²) in [6.07, 6.45) is 0. The highest BCUT2D eigenvalue weighted by atomic mass is 16.3. The first-order chi connectivity index (χ1) is 33.9. The van der Waals surface area contributed by atoms with Gasteiger partial charge in [-0.15, -0.1) is 0 Å². The van der Waals surface area contributed by atoms with Crippen molar-refractivity contribution >= 4 is 82.4 Å². The Morgan fingerprint density at radius 3 is 1.86 bits per heavy atom. The number of nitrogens with zero attached hydrogens (tertiary/aromatic N) is 2. The van der Waals surface area contributed by atoms with Gasteiger partial charge in [0.1, 0.15) is 11.2 Å². The fourth-order valence-electron chi connectivity index (χ4n) is 9.71. The molecule has 0 spiro atoms. The smallest absolute Gasteiger partial charge is 0.143 e. The van der Waals surface area contributed by atoms with Crippen molar-refractivity contribution in [3.05, 3.63) is 243 Å². The largest absolute Gasteiger partial charge is 0.455 e. The van der Waals surface area contributed by atoms with Crippen LogP contribution in [0.5, 0.6) is 0 Å². The zero-order valence-corrected chi connectivity index (χ0v) is 35.1. The minimum atomic E-state index is -0.258. The Labute approximate surface area is 381 Å². The van der Waals surface area contributed by atoms with Crippen LogP contribution in [0, 0.1) is 0 Å². The quantitative estimate of drug-likeness (QED) is 0.160. The van der Waals surface area contributed by atoms with Gasteiger partial charge in [-0.25, -0.2) is 0 Å². The highest BCUT2D eigenvalue weighted by Gasteiger charge is 2.21. The van der Waals surface area contributed by atoms with Crippen molar-refractivity contribution in [3.8, 4) is 39.1 Å². The van der Waals surface area contributed by atoms with Crippen LogP contribution in [0.2, 0.25) is 0 Å². The molecule has 13 aromatic rings. The predicted molar refractivity (Wildman–Crippen MR) is 274 cm³/mol. The molecule has 0 unspecified atom stereocenters. The first kappa shape index (κ1) is 33.0. The number of anilines is 3. The van der Waals surface area contributed by atoms with E-state index in [-0.39, 0.29) is 35.4 Å².